The van der Waals surface area contributed by atoms with E-state index >= 15 is 0 Å². The Bertz CT molecular complexity index is 494. The van der Waals surface area contributed by atoms with Crippen LogP contribution in [0, 0.1) is 5.92 Å². The highest BCUT2D eigenvalue weighted by atomic mass is 31.3. The average molecular weight is 366 g/mol. The Kier molecular flexibility index (Phi) is 6.41. The van der Waals surface area contributed by atoms with E-state index < -0.39 is 42.2 Å². The summed E-state index contributed by atoms with van der Waals surface area (Å²) in [6.07, 6.45) is -0.198. The molecule has 0 bridgehead atoms. The van der Waals surface area contributed by atoms with Crippen LogP contribution >= 0.6 is 23.5 Å². The molecular weight excluding hydrogens is 352 g/mol. The van der Waals surface area contributed by atoms with E-state index in [0.29, 0.717) is 6.42 Å². The van der Waals surface area contributed by atoms with Gasteiger partial charge in [-0.1, -0.05) is 6.92 Å². The topological polar surface area (TPSA) is 169 Å². The first kappa shape index (κ1) is 19.5. The molecule has 5 unspecified atom stereocenters. The second kappa shape index (κ2) is 6.90. The van der Waals surface area contributed by atoms with Crippen LogP contribution in [0.25, 0.3) is 0 Å². The molecule has 1 rings (SSSR count). The van der Waals surface area contributed by atoms with E-state index in [1.165, 1.54) is 0 Å². The van der Waals surface area contributed by atoms with Crippen LogP contribution in [0.15, 0.2) is 0 Å². The lowest BCUT2D eigenvalue weighted by molar-refractivity contribution is 0.0376. The molecule has 15 heteroatoms. The van der Waals surface area contributed by atoms with Gasteiger partial charge in [-0.05, 0) is 12.3 Å². The van der Waals surface area contributed by atoms with Gasteiger partial charge in [0.2, 0.25) is 0 Å². The minimum Gasteiger partial charge on any atom is -0.382 e. The molecule has 1 saturated heterocycles. The zero-order chi connectivity index (χ0) is 16.5. The molecule has 122 valence electrons. The second-order valence-electron chi connectivity index (χ2n) is 4.32. The Morgan fingerprint density at radius 3 is 2.14 bits per heavy atom. The van der Waals surface area contributed by atoms with Crippen LogP contribution < -0.4 is 0 Å². The Morgan fingerprint density at radius 2 is 1.71 bits per heavy atom. The fourth-order valence-electron chi connectivity index (χ4n) is 1.55. The standard InChI is InChI=1S/C6H14BO11P3/c1-4-2-5(16-6(4)7)3-15-20(11,12)18-21(13,14)17-19(8,9)10/h4-6H,2-3H2,1H3,(H,11,12)(H,13,14)(H2,8,9,10). The van der Waals surface area contributed by atoms with Crippen molar-refractivity contribution in [3.8, 4) is 0 Å². The van der Waals surface area contributed by atoms with Crippen molar-refractivity contribution in [2.24, 2.45) is 5.92 Å². The quantitative estimate of drug-likeness (QED) is 0.360. The van der Waals surface area contributed by atoms with E-state index in [-0.39, 0.29) is 5.92 Å². The highest BCUT2D eigenvalue weighted by Crippen LogP contribution is 2.66. The SMILES string of the molecule is [B]C1OC(COP(=O)(O)OP(=O)(O)OP(=O)(O)O)CC1C. The molecule has 0 aromatic rings. The third kappa shape index (κ3) is 7.50. The smallest absolute Gasteiger partial charge is 0.382 e. The van der Waals surface area contributed by atoms with Gasteiger partial charge in [-0.15, -0.1) is 0 Å². The van der Waals surface area contributed by atoms with Gasteiger partial charge in [-0.25, -0.2) is 13.7 Å². The fourth-order valence-corrected chi connectivity index (χ4v) is 4.60. The van der Waals surface area contributed by atoms with E-state index in [1.807, 2.05) is 0 Å². The van der Waals surface area contributed by atoms with Crippen molar-refractivity contribution in [1.82, 2.24) is 0 Å². The molecule has 1 heterocycles. The van der Waals surface area contributed by atoms with Gasteiger partial charge in [-0.3, -0.25) is 4.52 Å². The summed E-state index contributed by atoms with van der Waals surface area (Å²) >= 11 is 0. The number of hydrogen-bond donors (Lipinski definition) is 4. The first-order valence-electron chi connectivity index (χ1n) is 5.49. The van der Waals surface area contributed by atoms with Crippen LogP contribution in [0.3, 0.4) is 0 Å². The zero-order valence-corrected chi connectivity index (χ0v) is 13.4. The molecule has 0 amide bonds. The molecule has 5 atom stereocenters. The van der Waals surface area contributed by atoms with Gasteiger partial charge < -0.3 is 24.3 Å². The summed E-state index contributed by atoms with van der Waals surface area (Å²) in [4.78, 5) is 34.8. The summed E-state index contributed by atoms with van der Waals surface area (Å²) in [5.74, 6) is -0.0143. The summed E-state index contributed by atoms with van der Waals surface area (Å²) in [5, 5.41) is 0. The minimum absolute atomic E-state index is 0.0143. The van der Waals surface area contributed by atoms with Crippen LogP contribution in [0.5, 0.6) is 0 Å². The Hall–Kier alpha value is 0.435. The maximum Gasteiger partial charge on any atom is 0.490 e. The lowest BCUT2D eigenvalue weighted by Crippen LogP contribution is -2.17. The van der Waals surface area contributed by atoms with Crippen molar-refractivity contribution < 1.29 is 51.2 Å². The van der Waals surface area contributed by atoms with Gasteiger partial charge >= 0.3 is 23.5 Å². The van der Waals surface area contributed by atoms with Crippen LogP contribution in [0.1, 0.15) is 13.3 Å². The van der Waals surface area contributed by atoms with E-state index in [9.17, 15) is 18.6 Å². The summed E-state index contributed by atoms with van der Waals surface area (Å²) in [6.45, 7) is 1.32. The molecule has 0 aromatic carbocycles. The third-order valence-corrected chi connectivity index (χ3v) is 6.19. The van der Waals surface area contributed by atoms with Gasteiger partial charge in [0, 0.05) is 6.00 Å². The van der Waals surface area contributed by atoms with E-state index in [1.54, 1.807) is 6.92 Å². The zero-order valence-electron chi connectivity index (χ0n) is 10.7. The van der Waals surface area contributed by atoms with Crippen LogP contribution in [0.2, 0.25) is 0 Å². The van der Waals surface area contributed by atoms with Crippen LogP contribution in [-0.2, 0) is 31.6 Å². The summed E-state index contributed by atoms with van der Waals surface area (Å²) in [6, 6.07) is -0.570. The Balaban J connectivity index is 2.52. The molecule has 21 heavy (non-hydrogen) atoms. The summed E-state index contributed by atoms with van der Waals surface area (Å²) < 4.78 is 49.5. The van der Waals surface area contributed by atoms with Gasteiger partial charge in [0.05, 0.1) is 12.7 Å². The van der Waals surface area contributed by atoms with Gasteiger partial charge in [-0.2, -0.15) is 8.62 Å². The number of phosphoric ester groups is 1. The molecule has 0 aliphatic carbocycles. The van der Waals surface area contributed by atoms with E-state index in [2.05, 4.69) is 13.1 Å². The van der Waals surface area contributed by atoms with E-state index in [4.69, 9.17) is 27.3 Å². The molecular formula is C6H14BO11P3. The summed E-state index contributed by atoms with van der Waals surface area (Å²) in [5.41, 5.74) is 0. The van der Waals surface area contributed by atoms with Crippen molar-refractivity contribution in [2.45, 2.75) is 25.5 Å². The van der Waals surface area contributed by atoms with Crippen molar-refractivity contribution >= 4 is 31.3 Å². The van der Waals surface area contributed by atoms with Crippen molar-refractivity contribution in [3.05, 3.63) is 0 Å². The molecule has 1 fully saturated rings. The maximum absolute atomic E-state index is 11.4. The van der Waals surface area contributed by atoms with Crippen LogP contribution in [-0.4, -0.2) is 46.1 Å². The van der Waals surface area contributed by atoms with Crippen molar-refractivity contribution in [2.75, 3.05) is 6.61 Å². The molecule has 2 radical (unpaired) electrons. The molecule has 1 aliphatic rings. The average Bonchev–Trinajstić information content (AvgIpc) is 2.50. The first-order valence-corrected chi connectivity index (χ1v) is 10.0. The number of rotatable bonds is 7. The normalized spacial score (nSPS) is 32.5. The predicted octanol–water partition coefficient (Wildman–Crippen LogP) is 0.249. The van der Waals surface area contributed by atoms with Gasteiger partial charge in [0.25, 0.3) is 0 Å². The van der Waals surface area contributed by atoms with Gasteiger partial charge in [0.15, 0.2) is 0 Å². The molecule has 0 spiro atoms. The third-order valence-electron chi connectivity index (χ3n) is 2.38. The molecule has 4 N–H and O–H groups in total. The lowest BCUT2D eigenvalue weighted by Gasteiger charge is -2.17. The lowest BCUT2D eigenvalue weighted by atomic mass is 9.88. The van der Waals surface area contributed by atoms with Crippen molar-refractivity contribution in [1.29, 1.82) is 0 Å². The monoisotopic (exact) mass is 366 g/mol. The molecule has 0 saturated carbocycles. The minimum atomic E-state index is -5.49. The Labute approximate surface area is 121 Å². The Morgan fingerprint density at radius 1 is 1.14 bits per heavy atom. The van der Waals surface area contributed by atoms with Crippen molar-refractivity contribution in [3.63, 3.8) is 0 Å². The maximum atomic E-state index is 11.4. The molecule has 1 aliphatic heterocycles. The second-order valence-corrected chi connectivity index (χ2v) is 8.74. The number of hydrogen-bond acceptors (Lipinski definition) is 7. The highest BCUT2D eigenvalue weighted by Gasteiger charge is 2.41. The predicted molar refractivity (Wildman–Crippen MR) is 68.0 cm³/mol. The molecule has 11 nitrogen and oxygen atoms in total. The highest BCUT2D eigenvalue weighted by molar-refractivity contribution is 7.66. The fraction of sp³-hybridized carbons (Fsp3) is 1.00. The number of phosphoric acid groups is 3. The largest absolute Gasteiger partial charge is 0.490 e. The van der Waals surface area contributed by atoms with Crippen LogP contribution in [0.4, 0.5) is 0 Å². The van der Waals surface area contributed by atoms with E-state index in [0.717, 1.165) is 0 Å². The summed E-state index contributed by atoms with van der Waals surface area (Å²) in [7, 11) is -10.4. The molecule has 0 aromatic heterocycles. The first-order chi connectivity index (χ1) is 9.30. The number of ether oxygens (including phenoxy) is 1. The van der Waals surface area contributed by atoms with Gasteiger partial charge in [0.1, 0.15) is 7.85 Å².